The number of hydrogen-bond donors (Lipinski definition) is 1. The molecule has 2 heterocycles. The van der Waals surface area contributed by atoms with E-state index in [1.807, 2.05) is 6.20 Å². The molecule has 2 bridgehead atoms. The van der Waals surface area contributed by atoms with E-state index in [0.29, 0.717) is 0 Å². The monoisotopic (exact) mass is 429 g/mol. The molecule has 2 aromatic carbocycles. The third-order valence-corrected chi connectivity index (χ3v) is 6.57. The van der Waals surface area contributed by atoms with Gasteiger partial charge in [-0.25, -0.2) is 0 Å². The molecule has 0 unspecified atom stereocenters. The Bertz CT molecular complexity index is 1050. The molecule has 2 aromatic rings. The van der Waals surface area contributed by atoms with Crippen LogP contribution < -0.4 is 5.32 Å². The van der Waals surface area contributed by atoms with Gasteiger partial charge in [-0.2, -0.15) is 0 Å². The van der Waals surface area contributed by atoms with Crippen LogP contribution in [0.3, 0.4) is 0 Å². The van der Waals surface area contributed by atoms with Crippen molar-refractivity contribution in [2.75, 3.05) is 0 Å². The number of fused-ring (bicyclic) bond motifs is 8. The van der Waals surface area contributed by atoms with Gasteiger partial charge in [0.15, 0.2) is 0 Å². The van der Waals surface area contributed by atoms with Crippen molar-refractivity contribution in [3.05, 3.63) is 98.8 Å². The molecular weight excluding hydrogens is 406 g/mol. The third-order valence-electron chi connectivity index (χ3n) is 6.08. The highest BCUT2D eigenvalue weighted by molar-refractivity contribution is 9.10. The quantitative estimate of drug-likeness (QED) is 0.480. The zero-order chi connectivity index (χ0) is 18.9. The lowest BCUT2D eigenvalue weighted by atomic mass is 9.80. The first-order valence-electron chi connectivity index (χ1n) is 10.2. The average molecular weight is 430 g/mol. The molecule has 2 heteroatoms. The zero-order valence-electron chi connectivity index (χ0n) is 16.0. The van der Waals surface area contributed by atoms with Gasteiger partial charge in [-0.05, 0) is 102 Å². The number of allylic oxidation sites excluding steroid dienone is 6. The second-order valence-corrected chi connectivity index (χ2v) is 8.73. The minimum absolute atomic E-state index is 1.17. The number of halogens is 1. The Morgan fingerprint density at radius 3 is 2.61 bits per heavy atom. The third kappa shape index (κ3) is 3.42. The van der Waals surface area contributed by atoms with Gasteiger partial charge in [0.2, 0.25) is 0 Å². The molecule has 0 saturated carbocycles. The van der Waals surface area contributed by atoms with Crippen LogP contribution in [0.1, 0.15) is 41.5 Å². The van der Waals surface area contributed by atoms with E-state index in [4.69, 9.17) is 0 Å². The molecule has 3 aliphatic carbocycles. The van der Waals surface area contributed by atoms with Gasteiger partial charge in [-0.3, -0.25) is 0 Å². The summed E-state index contributed by atoms with van der Waals surface area (Å²) in [4.78, 5) is 0. The highest BCUT2D eigenvalue weighted by Crippen LogP contribution is 2.39. The van der Waals surface area contributed by atoms with Crippen molar-refractivity contribution in [2.45, 2.75) is 38.5 Å². The summed E-state index contributed by atoms with van der Waals surface area (Å²) in [6.45, 7) is 0. The summed E-state index contributed by atoms with van der Waals surface area (Å²) in [5.74, 6) is 0. The lowest BCUT2D eigenvalue weighted by Gasteiger charge is -2.25. The van der Waals surface area contributed by atoms with Gasteiger partial charge < -0.3 is 5.32 Å². The molecule has 1 nitrogen and oxygen atoms in total. The maximum Gasteiger partial charge on any atom is 0.0178 e. The maximum absolute atomic E-state index is 3.58. The molecule has 1 N–H and O–H groups in total. The fourth-order valence-electron chi connectivity index (χ4n) is 4.60. The number of hydrogen-bond acceptors (Lipinski definition) is 1. The van der Waals surface area contributed by atoms with Gasteiger partial charge in [0.25, 0.3) is 0 Å². The van der Waals surface area contributed by atoms with Crippen molar-refractivity contribution in [2.24, 2.45) is 0 Å². The molecular formula is C26H24BrN. The Morgan fingerprint density at radius 2 is 1.71 bits per heavy atom. The van der Waals surface area contributed by atoms with Gasteiger partial charge >= 0.3 is 0 Å². The van der Waals surface area contributed by atoms with Crippen molar-refractivity contribution in [1.29, 1.82) is 0 Å². The summed E-state index contributed by atoms with van der Waals surface area (Å²) in [6.07, 6.45) is 20.2. The largest absolute Gasteiger partial charge is 0.365 e. The van der Waals surface area contributed by atoms with Crippen LogP contribution in [0.25, 0.3) is 17.2 Å². The molecule has 0 amide bonds. The van der Waals surface area contributed by atoms with Crippen LogP contribution in [0.4, 0.5) is 0 Å². The zero-order valence-corrected chi connectivity index (χ0v) is 17.6. The van der Waals surface area contributed by atoms with E-state index in [-0.39, 0.29) is 0 Å². The maximum atomic E-state index is 3.58. The Labute approximate surface area is 175 Å². The van der Waals surface area contributed by atoms with Crippen LogP contribution in [0.5, 0.6) is 0 Å². The highest BCUT2D eigenvalue weighted by Gasteiger charge is 2.20. The lowest BCUT2D eigenvalue weighted by Crippen LogP contribution is -2.09. The minimum atomic E-state index is 1.17. The normalized spacial score (nSPS) is 17.8. The summed E-state index contributed by atoms with van der Waals surface area (Å²) >= 11 is 3.58. The van der Waals surface area contributed by atoms with Gasteiger partial charge in [-0.15, -0.1) is 0 Å². The van der Waals surface area contributed by atoms with E-state index in [1.165, 1.54) is 76.5 Å². The number of benzene rings is 2. The number of rotatable bonds is 0. The first-order chi connectivity index (χ1) is 13.8. The summed E-state index contributed by atoms with van der Waals surface area (Å²) in [5.41, 5.74) is 11.8. The van der Waals surface area contributed by atoms with Gasteiger partial charge in [-0.1, -0.05) is 52.4 Å². The predicted octanol–water partition coefficient (Wildman–Crippen LogP) is 6.88. The van der Waals surface area contributed by atoms with Gasteiger partial charge in [0.1, 0.15) is 0 Å². The van der Waals surface area contributed by atoms with Gasteiger partial charge in [0, 0.05) is 16.4 Å². The Hall–Kier alpha value is -2.32. The van der Waals surface area contributed by atoms with Crippen LogP contribution in [0.2, 0.25) is 0 Å². The van der Waals surface area contributed by atoms with Crippen molar-refractivity contribution in [1.82, 2.24) is 5.32 Å². The standard InChI is InChI=1S/C18H15Br.C8H9N/c19-14-7-10-16-13(11-14)6-9-17-15-4-2-1-3-12(15)5-8-18(16)17;1-3-8-4-2-7(1)5-6-9-8/h1,3,5,7-8,10-11H,2,4,6,9H2;1,3,5-6,9H,2,4H2. The molecule has 0 atom stereocenters. The molecule has 0 aromatic heterocycles. The van der Waals surface area contributed by atoms with E-state index in [1.54, 1.807) is 11.1 Å². The van der Waals surface area contributed by atoms with Crippen molar-refractivity contribution in [3.8, 4) is 11.1 Å². The molecule has 0 saturated heterocycles. The number of aryl methyl sites for hydroxylation is 1. The van der Waals surface area contributed by atoms with E-state index < -0.39 is 0 Å². The fraction of sp³-hybridized carbons (Fsp3) is 0.231. The summed E-state index contributed by atoms with van der Waals surface area (Å²) < 4.78 is 1.19. The SMILES string of the molecule is Brc1ccc2c(c1)CCc1c-2ccc2c1CCC=C2.C1=CC2=CC=C(CC2)N1. The second kappa shape index (κ2) is 7.60. The fourth-order valence-corrected chi connectivity index (χ4v) is 5.01. The van der Waals surface area contributed by atoms with Crippen LogP contribution in [0, 0.1) is 0 Å². The van der Waals surface area contributed by atoms with Crippen LogP contribution in [-0.4, -0.2) is 0 Å². The topological polar surface area (TPSA) is 12.0 Å². The molecule has 0 radical (unpaired) electrons. The van der Waals surface area contributed by atoms with Crippen molar-refractivity contribution in [3.63, 3.8) is 0 Å². The molecule has 2 aliphatic heterocycles. The van der Waals surface area contributed by atoms with Crippen molar-refractivity contribution >= 4 is 22.0 Å². The number of nitrogens with one attached hydrogen (secondary N) is 1. The summed E-state index contributed by atoms with van der Waals surface area (Å²) in [7, 11) is 0. The molecule has 7 rings (SSSR count). The predicted molar refractivity (Wildman–Crippen MR) is 122 cm³/mol. The Kier molecular flexibility index (Phi) is 4.82. The molecule has 140 valence electrons. The average Bonchev–Trinajstić information content (AvgIpc) is 3.11. The molecule has 28 heavy (non-hydrogen) atoms. The van der Waals surface area contributed by atoms with Crippen LogP contribution >= 0.6 is 15.9 Å². The minimum Gasteiger partial charge on any atom is -0.365 e. The summed E-state index contributed by atoms with van der Waals surface area (Å²) in [5, 5.41) is 3.20. The van der Waals surface area contributed by atoms with E-state index in [9.17, 15) is 0 Å². The van der Waals surface area contributed by atoms with E-state index in [2.05, 4.69) is 82.0 Å². The van der Waals surface area contributed by atoms with Gasteiger partial charge in [0.05, 0.1) is 0 Å². The van der Waals surface area contributed by atoms with E-state index >= 15 is 0 Å². The lowest BCUT2D eigenvalue weighted by molar-refractivity contribution is 0.874. The summed E-state index contributed by atoms with van der Waals surface area (Å²) in [6, 6.07) is 11.3. The first-order valence-corrected chi connectivity index (χ1v) is 11.0. The van der Waals surface area contributed by atoms with E-state index in [0.717, 1.165) is 0 Å². The Morgan fingerprint density at radius 1 is 0.786 bits per heavy atom. The van der Waals surface area contributed by atoms with Crippen LogP contribution in [0.15, 0.2) is 76.6 Å². The molecule has 0 fully saturated rings. The smallest absolute Gasteiger partial charge is 0.0178 e. The molecule has 5 aliphatic rings. The molecule has 0 spiro atoms. The van der Waals surface area contributed by atoms with Crippen LogP contribution in [-0.2, 0) is 19.3 Å². The second-order valence-electron chi connectivity index (χ2n) is 7.81. The first kappa shape index (κ1) is 17.8. The Balaban J connectivity index is 0.000000158. The van der Waals surface area contributed by atoms with Crippen molar-refractivity contribution < 1.29 is 0 Å². The highest BCUT2D eigenvalue weighted by atomic mass is 79.9.